The summed E-state index contributed by atoms with van der Waals surface area (Å²) in [5, 5.41) is 12.7. The van der Waals surface area contributed by atoms with Gasteiger partial charge >= 0.3 is 5.97 Å². The molecule has 18 heavy (non-hydrogen) atoms. The Morgan fingerprint density at radius 2 is 2.06 bits per heavy atom. The number of hydrogen-bond donors (Lipinski definition) is 1. The number of carboxylic acids is 1. The van der Waals surface area contributed by atoms with Crippen LogP contribution in [0, 0.1) is 11.6 Å². The van der Waals surface area contributed by atoms with Crippen molar-refractivity contribution in [2.45, 2.75) is 13.3 Å². The van der Waals surface area contributed by atoms with Gasteiger partial charge < -0.3 is 5.11 Å². The summed E-state index contributed by atoms with van der Waals surface area (Å²) < 4.78 is 27.3. The Bertz CT molecular complexity index is 608. The van der Waals surface area contributed by atoms with Gasteiger partial charge in [-0.25, -0.2) is 18.3 Å². The summed E-state index contributed by atoms with van der Waals surface area (Å²) >= 11 is 0. The summed E-state index contributed by atoms with van der Waals surface area (Å²) in [5.74, 6) is -3.12. The molecule has 1 aromatic heterocycles. The molecule has 0 bridgehead atoms. The minimum Gasteiger partial charge on any atom is -0.476 e. The number of hydrogen-bond acceptors (Lipinski definition) is 2. The number of carboxylic acid groups (broad SMARTS) is 1. The summed E-state index contributed by atoms with van der Waals surface area (Å²) in [4.78, 5) is 10.8. The molecule has 0 radical (unpaired) electrons. The highest BCUT2D eigenvalue weighted by molar-refractivity contribution is 5.85. The molecule has 0 aliphatic heterocycles. The molecule has 0 unspecified atom stereocenters. The van der Waals surface area contributed by atoms with Gasteiger partial charge in [0.25, 0.3) is 0 Å². The van der Waals surface area contributed by atoms with E-state index in [0.717, 1.165) is 12.1 Å². The second kappa shape index (κ2) is 4.56. The van der Waals surface area contributed by atoms with Crippen LogP contribution in [0.3, 0.4) is 0 Å². The predicted molar refractivity (Wildman–Crippen MR) is 59.8 cm³/mol. The summed E-state index contributed by atoms with van der Waals surface area (Å²) in [7, 11) is 0. The molecule has 0 saturated heterocycles. The van der Waals surface area contributed by atoms with Crippen LogP contribution >= 0.6 is 0 Å². The third-order valence-corrected chi connectivity index (χ3v) is 2.51. The van der Waals surface area contributed by atoms with Crippen LogP contribution in [0.5, 0.6) is 0 Å². The van der Waals surface area contributed by atoms with E-state index >= 15 is 0 Å². The van der Waals surface area contributed by atoms with Crippen molar-refractivity contribution in [3.05, 3.63) is 47.3 Å². The third-order valence-electron chi connectivity index (χ3n) is 2.51. The third kappa shape index (κ3) is 2.09. The molecule has 0 aliphatic rings. The lowest BCUT2D eigenvalue weighted by molar-refractivity contribution is 0.0690. The van der Waals surface area contributed by atoms with Crippen LogP contribution in [0.1, 0.15) is 23.1 Å². The number of aromatic carboxylic acids is 1. The average molecular weight is 252 g/mol. The summed E-state index contributed by atoms with van der Waals surface area (Å²) in [5.41, 5.74) is 0.772. The van der Waals surface area contributed by atoms with Crippen LogP contribution in [-0.2, 0) is 6.42 Å². The van der Waals surface area contributed by atoms with Crippen LogP contribution in [0.15, 0.2) is 24.3 Å². The van der Waals surface area contributed by atoms with E-state index in [1.807, 2.05) is 6.92 Å². The number of rotatable bonds is 3. The highest BCUT2D eigenvalue weighted by Gasteiger charge is 2.14. The van der Waals surface area contributed by atoms with E-state index in [0.29, 0.717) is 17.8 Å². The fraction of sp³-hybridized carbons (Fsp3) is 0.167. The maximum Gasteiger partial charge on any atom is 0.356 e. The van der Waals surface area contributed by atoms with E-state index in [1.54, 1.807) is 0 Å². The number of carbonyl (C=O) groups is 1. The quantitative estimate of drug-likeness (QED) is 0.912. The van der Waals surface area contributed by atoms with Crippen LogP contribution in [0.25, 0.3) is 5.69 Å². The minimum absolute atomic E-state index is 0.128. The fourth-order valence-corrected chi connectivity index (χ4v) is 1.62. The molecular formula is C12H10F2N2O2. The van der Waals surface area contributed by atoms with Crippen LogP contribution in [-0.4, -0.2) is 20.9 Å². The van der Waals surface area contributed by atoms with Gasteiger partial charge in [0.15, 0.2) is 17.3 Å². The van der Waals surface area contributed by atoms with Crippen LogP contribution in [0.2, 0.25) is 0 Å². The van der Waals surface area contributed by atoms with Gasteiger partial charge in [-0.15, -0.1) is 0 Å². The van der Waals surface area contributed by atoms with E-state index in [2.05, 4.69) is 5.10 Å². The molecule has 0 fully saturated rings. The topological polar surface area (TPSA) is 55.1 Å². The standard InChI is InChI=1S/C12H10F2N2O2/c1-2-7-6-11(12(17)18)15-16(7)8-3-4-9(13)10(14)5-8/h3-6H,2H2,1H3,(H,17,18). The Labute approximate surface area is 101 Å². The molecule has 0 saturated carbocycles. The van der Waals surface area contributed by atoms with Crippen LogP contribution in [0.4, 0.5) is 8.78 Å². The maximum absolute atomic E-state index is 13.1. The Kier molecular flexibility index (Phi) is 3.10. The molecular weight excluding hydrogens is 242 g/mol. The van der Waals surface area contributed by atoms with Gasteiger partial charge in [0.05, 0.1) is 5.69 Å². The van der Waals surface area contributed by atoms with Crippen molar-refractivity contribution >= 4 is 5.97 Å². The van der Waals surface area contributed by atoms with E-state index in [9.17, 15) is 13.6 Å². The number of benzene rings is 1. The van der Waals surface area contributed by atoms with E-state index in [1.165, 1.54) is 16.8 Å². The van der Waals surface area contributed by atoms with Gasteiger partial charge in [-0.3, -0.25) is 0 Å². The molecule has 0 spiro atoms. The van der Waals surface area contributed by atoms with Gasteiger partial charge in [-0.1, -0.05) is 6.92 Å². The molecule has 94 valence electrons. The van der Waals surface area contributed by atoms with Gasteiger partial charge in [0.2, 0.25) is 0 Å². The lowest BCUT2D eigenvalue weighted by Gasteiger charge is -2.05. The Morgan fingerprint density at radius 1 is 1.33 bits per heavy atom. The zero-order valence-electron chi connectivity index (χ0n) is 9.52. The Balaban J connectivity index is 2.55. The minimum atomic E-state index is -1.16. The number of nitrogens with zero attached hydrogens (tertiary/aromatic N) is 2. The van der Waals surface area contributed by atoms with Gasteiger partial charge in [0.1, 0.15) is 0 Å². The monoisotopic (exact) mass is 252 g/mol. The fourth-order valence-electron chi connectivity index (χ4n) is 1.62. The Morgan fingerprint density at radius 3 is 2.61 bits per heavy atom. The Hall–Kier alpha value is -2.24. The van der Waals surface area contributed by atoms with Crippen molar-refractivity contribution in [1.29, 1.82) is 0 Å². The zero-order chi connectivity index (χ0) is 13.3. The second-order valence-corrected chi connectivity index (χ2v) is 3.69. The molecule has 1 heterocycles. The SMILES string of the molecule is CCc1cc(C(=O)O)nn1-c1ccc(F)c(F)c1. The molecule has 1 aromatic carbocycles. The zero-order valence-corrected chi connectivity index (χ0v) is 9.52. The largest absolute Gasteiger partial charge is 0.476 e. The van der Waals surface area contributed by atoms with Gasteiger partial charge in [0, 0.05) is 11.8 Å². The first kappa shape index (κ1) is 12.2. The van der Waals surface area contributed by atoms with Crippen LogP contribution < -0.4 is 0 Å². The first-order valence-corrected chi connectivity index (χ1v) is 5.30. The number of aromatic nitrogens is 2. The van der Waals surface area contributed by atoms with Crippen molar-refractivity contribution in [3.8, 4) is 5.69 Å². The summed E-state index contributed by atoms with van der Waals surface area (Å²) in [6.07, 6.45) is 0.527. The molecule has 4 nitrogen and oxygen atoms in total. The van der Waals surface area contributed by atoms with Crippen molar-refractivity contribution in [2.75, 3.05) is 0 Å². The molecule has 2 aromatic rings. The van der Waals surface area contributed by atoms with E-state index in [4.69, 9.17) is 5.11 Å². The van der Waals surface area contributed by atoms with Gasteiger partial charge in [-0.05, 0) is 24.6 Å². The van der Waals surface area contributed by atoms with E-state index < -0.39 is 17.6 Å². The van der Waals surface area contributed by atoms with Crippen molar-refractivity contribution in [3.63, 3.8) is 0 Å². The predicted octanol–water partition coefficient (Wildman–Crippen LogP) is 2.41. The first-order chi connectivity index (χ1) is 8.52. The highest BCUT2D eigenvalue weighted by Crippen LogP contribution is 2.16. The lowest BCUT2D eigenvalue weighted by Crippen LogP contribution is -2.04. The van der Waals surface area contributed by atoms with Gasteiger partial charge in [-0.2, -0.15) is 5.10 Å². The molecule has 0 atom stereocenters. The smallest absolute Gasteiger partial charge is 0.356 e. The molecule has 6 heteroatoms. The second-order valence-electron chi connectivity index (χ2n) is 3.69. The molecule has 0 amide bonds. The van der Waals surface area contributed by atoms with Crippen molar-refractivity contribution in [1.82, 2.24) is 9.78 Å². The lowest BCUT2D eigenvalue weighted by atomic mass is 10.2. The van der Waals surface area contributed by atoms with Crippen molar-refractivity contribution < 1.29 is 18.7 Å². The highest BCUT2D eigenvalue weighted by atomic mass is 19.2. The average Bonchev–Trinajstić information content (AvgIpc) is 2.77. The summed E-state index contributed by atoms with van der Waals surface area (Å²) in [6, 6.07) is 4.71. The normalized spacial score (nSPS) is 10.6. The molecule has 1 N–H and O–H groups in total. The number of aryl methyl sites for hydroxylation is 1. The molecule has 2 rings (SSSR count). The maximum atomic E-state index is 13.1. The number of halogens is 2. The van der Waals surface area contributed by atoms with Crippen molar-refractivity contribution in [2.24, 2.45) is 0 Å². The summed E-state index contributed by atoms with van der Waals surface area (Å²) in [6.45, 7) is 1.82. The first-order valence-electron chi connectivity index (χ1n) is 5.30. The molecule has 0 aliphatic carbocycles. The van der Waals surface area contributed by atoms with E-state index in [-0.39, 0.29) is 5.69 Å².